The third kappa shape index (κ3) is 3.94. The van der Waals surface area contributed by atoms with Crippen LogP contribution in [0.5, 0.6) is 17.2 Å². The maximum absolute atomic E-state index is 12.8. The van der Waals surface area contributed by atoms with Crippen LogP contribution in [-0.4, -0.2) is 43.0 Å². The molecule has 160 valence electrons. The molecule has 0 spiro atoms. The van der Waals surface area contributed by atoms with Gasteiger partial charge in [-0.1, -0.05) is 0 Å². The van der Waals surface area contributed by atoms with Gasteiger partial charge in [0.2, 0.25) is 11.7 Å². The van der Waals surface area contributed by atoms with E-state index in [1.807, 2.05) is 12.1 Å². The van der Waals surface area contributed by atoms with E-state index < -0.39 is 5.91 Å². The normalized spacial score (nSPS) is 15.2. The number of anilines is 1. The highest BCUT2D eigenvalue weighted by Crippen LogP contribution is 2.42. The molecule has 1 aliphatic carbocycles. The van der Waals surface area contributed by atoms with Crippen molar-refractivity contribution in [2.45, 2.75) is 18.8 Å². The van der Waals surface area contributed by atoms with E-state index in [1.54, 1.807) is 20.3 Å². The molecule has 0 radical (unpaired) electrons. The fourth-order valence-electron chi connectivity index (χ4n) is 3.65. The maximum Gasteiger partial charge on any atom is 0.293 e. The fraction of sp³-hybridized carbons (Fsp3) is 0.273. The van der Waals surface area contributed by atoms with Crippen molar-refractivity contribution < 1.29 is 28.2 Å². The van der Waals surface area contributed by atoms with Gasteiger partial charge in [-0.3, -0.25) is 14.9 Å². The third-order valence-corrected chi connectivity index (χ3v) is 5.17. The molecule has 0 saturated carbocycles. The summed E-state index contributed by atoms with van der Waals surface area (Å²) >= 11 is 0. The molecule has 1 N–H and O–H groups in total. The summed E-state index contributed by atoms with van der Waals surface area (Å²) in [7, 11) is 4.63. The van der Waals surface area contributed by atoms with Gasteiger partial charge in [0.1, 0.15) is 0 Å². The standard InChI is InChI=1S/C22H21N3O6/c1-28-18-9-13(10-19(29-2)20(18)30-3)12-7-15-14(16(26)8-12)11-23-22(24-15)25-21(27)17-5-4-6-31-17/h4-6,9-12H,7-8H2,1-3H3,(H,23,24,25,27)/t12-/m1/s1. The summed E-state index contributed by atoms with van der Waals surface area (Å²) in [6, 6.07) is 6.83. The van der Waals surface area contributed by atoms with Gasteiger partial charge in [0.05, 0.1) is 38.8 Å². The number of rotatable bonds is 6. The Hall–Kier alpha value is -3.88. The summed E-state index contributed by atoms with van der Waals surface area (Å²) in [4.78, 5) is 33.5. The lowest BCUT2D eigenvalue weighted by molar-refractivity contribution is 0.0962. The Labute approximate surface area is 178 Å². The van der Waals surface area contributed by atoms with Gasteiger partial charge in [0.15, 0.2) is 23.0 Å². The van der Waals surface area contributed by atoms with Gasteiger partial charge in [0.25, 0.3) is 5.91 Å². The van der Waals surface area contributed by atoms with Gasteiger partial charge in [-0.25, -0.2) is 9.97 Å². The van der Waals surface area contributed by atoms with Gasteiger partial charge < -0.3 is 18.6 Å². The lowest BCUT2D eigenvalue weighted by Crippen LogP contribution is -2.22. The van der Waals surface area contributed by atoms with Gasteiger partial charge in [-0.15, -0.1) is 0 Å². The fourth-order valence-corrected chi connectivity index (χ4v) is 3.65. The third-order valence-electron chi connectivity index (χ3n) is 5.17. The molecule has 0 saturated heterocycles. The number of benzene rings is 1. The second-order valence-electron chi connectivity index (χ2n) is 6.97. The monoisotopic (exact) mass is 423 g/mol. The van der Waals surface area contributed by atoms with Crippen LogP contribution in [0.15, 0.2) is 41.1 Å². The van der Waals surface area contributed by atoms with Crippen LogP contribution in [0.25, 0.3) is 0 Å². The number of nitrogens with zero attached hydrogens (tertiary/aromatic N) is 2. The molecule has 31 heavy (non-hydrogen) atoms. The Morgan fingerprint density at radius 1 is 1.13 bits per heavy atom. The first-order valence-corrected chi connectivity index (χ1v) is 9.58. The van der Waals surface area contributed by atoms with E-state index in [1.165, 1.54) is 25.6 Å². The summed E-state index contributed by atoms with van der Waals surface area (Å²) in [6.07, 6.45) is 3.65. The smallest absolute Gasteiger partial charge is 0.293 e. The number of hydrogen-bond acceptors (Lipinski definition) is 8. The molecule has 2 aromatic heterocycles. The highest BCUT2D eigenvalue weighted by Gasteiger charge is 2.30. The molecule has 2 heterocycles. The van der Waals surface area contributed by atoms with Crippen molar-refractivity contribution in [3.63, 3.8) is 0 Å². The van der Waals surface area contributed by atoms with Crippen LogP contribution in [0, 0.1) is 0 Å². The first kappa shape index (κ1) is 20.4. The van der Waals surface area contributed by atoms with Crippen LogP contribution in [0.4, 0.5) is 5.95 Å². The van der Waals surface area contributed by atoms with Gasteiger partial charge >= 0.3 is 0 Å². The molecular weight excluding hydrogens is 402 g/mol. The minimum atomic E-state index is -0.465. The number of furan rings is 1. The maximum atomic E-state index is 12.8. The van der Waals surface area contributed by atoms with Crippen LogP contribution in [0.3, 0.4) is 0 Å². The first-order chi connectivity index (χ1) is 15.0. The molecular formula is C22H21N3O6. The van der Waals surface area contributed by atoms with Gasteiger partial charge in [-0.2, -0.15) is 0 Å². The lowest BCUT2D eigenvalue weighted by atomic mass is 9.82. The molecule has 0 bridgehead atoms. The average Bonchev–Trinajstić information content (AvgIpc) is 3.33. The topological polar surface area (TPSA) is 113 Å². The zero-order chi connectivity index (χ0) is 22.0. The predicted octanol–water partition coefficient (Wildman–Crippen LogP) is 3.26. The van der Waals surface area contributed by atoms with E-state index in [9.17, 15) is 9.59 Å². The Kier molecular flexibility index (Phi) is 5.57. The van der Waals surface area contributed by atoms with Crippen molar-refractivity contribution in [1.82, 2.24) is 9.97 Å². The van der Waals surface area contributed by atoms with E-state index in [0.717, 1.165) is 5.56 Å². The molecule has 1 amide bonds. The highest BCUT2D eigenvalue weighted by atomic mass is 16.5. The number of methoxy groups -OCH3 is 3. The van der Waals surface area contributed by atoms with E-state index in [4.69, 9.17) is 18.6 Å². The van der Waals surface area contributed by atoms with Crippen LogP contribution in [0.2, 0.25) is 0 Å². The Morgan fingerprint density at radius 3 is 2.48 bits per heavy atom. The number of ketones is 1. The molecule has 0 fully saturated rings. The van der Waals surface area contributed by atoms with Crippen LogP contribution < -0.4 is 19.5 Å². The molecule has 0 unspecified atom stereocenters. The minimum absolute atomic E-state index is 0.0658. The summed E-state index contributed by atoms with van der Waals surface area (Å²) < 4.78 is 21.3. The lowest BCUT2D eigenvalue weighted by Gasteiger charge is -2.24. The zero-order valence-corrected chi connectivity index (χ0v) is 17.3. The van der Waals surface area contributed by atoms with Crippen molar-refractivity contribution in [1.29, 1.82) is 0 Å². The van der Waals surface area contributed by atoms with Gasteiger partial charge in [-0.05, 0) is 42.2 Å². The van der Waals surface area contributed by atoms with Crippen molar-refractivity contribution >= 4 is 17.6 Å². The van der Waals surface area contributed by atoms with Crippen molar-refractivity contribution in [3.8, 4) is 17.2 Å². The van der Waals surface area contributed by atoms with Crippen LogP contribution in [-0.2, 0) is 6.42 Å². The highest BCUT2D eigenvalue weighted by molar-refractivity contribution is 6.02. The molecule has 3 aromatic rings. The molecule has 1 atom stereocenters. The second-order valence-corrected chi connectivity index (χ2v) is 6.97. The summed E-state index contributed by atoms with van der Waals surface area (Å²) in [5.74, 6) is 1.11. The van der Waals surface area contributed by atoms with Gasteiger partial charge in [0, 0.05) is 12.6 Å². The molecule has 1 aliphatic rings. The Balaban J connectivity index is 1.63. The SMILES string of the molecule is COc1cc([C@H]2CC(=O)c3cnc(NC(=O)c4ccco4)nc3C2)cc(OC)c1OC. The quantitative estimate of drug-likeness (QED) is 0.643. The summed E-state index contributed by atoms with van der Waals surface area (Å²) in [5.41, 5.74) is 1.90. The van der Waals surface area contributed by atoms with Crippen LogP contribution in [0.1, 0.15) is 44.5 Å². The Morgan fingerprint density at radius 2 is 1.87 bits per heavy atom. The van der Waals surface area contributed by atoms with Crippen molar-refractivity contribution in [2.75, 3.05) is 26.6 Å². The number of hydrogen-bond donors (Lipinski definition) is 1. The number of amides is 1. The Bertz CT molecular complexity index is 1100. The van der Waals surface area contributed by atoms with Crippen LogP contribution >= 0.6 is 0 Å². The van der Waals surface area contributed by atoms with Crippen molar-refractivity contribution in [3.05, 3.63) is 59.3 Å². The number of Topliss-reactive ketones (excluding diaryl/α,β-unsaturated/α-hetero) is 1. The second kappa shape index (κ2) is 8.47. The largest absolute Gasteiger partial charge is 0.493 e. The van der Waals surface area contributed by atoms with Crippen molar-refractivity contribution in [2.24, 2.45) is 0 Å². The molecule has 9 heteroatoms. The summed E-state index contributed by atoms with van der Waals surface area (Å²) in [6.45, 7) is 0. The average molecular weight is 423 g/mol. The van der Waals surface area contributed by atoms with E-state index in [0.29, 0.717) is 41.3 Å². The molecule has 9 nitrogen and oxygen atoms in total. The number of ether oxygens (including phenoxy) is 3. The number of carbonyl (C=O) groups is 2. The van der Waals surface area contributed by atoms with E-state index in [2.05, 4.69) is 15.3 Å². The molecule has 0 aliphatic heterocycles. The molecule has 4 rings (SSSR count). The predicted molar refractivity (Wildman–Crippen MR) is 110 cm³/mol. The summed E-state index contributed by atoms with van der Waals surface area (Å²) in [5, 5.41) is 2.59. The minimum Gasteiger partial charge on any atom is -0.493 e. The number of aromatic nitrogens is 2. The van der Waals surface area contributed by atoms with E-state index >= 15 is 0 Å². The van der Waals surface area contributed by atoms with E-state index in [-0.39, 0.29) is 23.4 Å². The number of nitrogens with one attached hydrogen (secondary N) is 1. The zero-order valence-electron chi connectivity index (χ0n) is 17.3. The molecule has 1 aromatic carbocycles. The number of carbonyl (C=O) groups excluding carboxylic acids is 2. The number of fused-ring (bicyclic) bond motifs is 1. The first-order valence-electron chi connectivity index (χ1n) is 9.58.